The van der Waals surface area contributed by atoms with Gasteiger partial charge in [0.05, 0.1) is 66.2 Å². The lowest BCUT2D eigenvalue weighted by Gasteiger charge is -2.16. The SMILES string of the molecule is [2H]c1c([2H])c([2H])c(-n2c3ccccc3c3ccc4sc5ccccc5c4c32)c(-c2nc(-n3c4c([2H])c([2H])c([2H])c([2H])c4c4c([2H])c([2H])c([2H])c([2H])c43)nc(-n3c4c([2H])c([2H])c([2H])c([2H])c4c4c([2H])c([2H])c([2H])c([2H])c43)n2)c1[2H]. The van der Waals surface area contributed by atoms with Crippen molar-refractivity contribution < 1.29 is 27.4 Å². The number of hydrogen-bond donors (Lipinski definition) is 0. The molecule has 0 amide bonds. The van der Waals surface area contributed by atoms with Crippen LogP contribution in [0.3, 0.4) is 0 Å². The third-order valence-corrected chi connectivity index (χ3v) is 11.5. The van der Waals surface area contributed by atoms with E-state index >= 15 is 0 Å². The Morgan fingerprint density at radius 2 is 0.914 bits per heavy atom. The zero-order chi connectivity index (χ0) is 55.3. The lowest BCUT2D eigenvalue weighted by molar-refractivity contribution is 0.892. The normalized spacial score (nSPS) is 17.0. The van der Waals surface area contributed by atoms with Crippen LogP contribution in [0.15, 0.2) is 182 Å². The predicted molar refractivity (Wildman–Crippen MR) is 241 cm³/mol. The zero-order valence-corrected chi connectivity index (χ0v) is 30.2. The van der Waals surface area contributed by atoms with Gasteiger partial charge < -0.3 is 4.57 Å². The molecular weight excluding hydrogens is 729 g/mol. The number of para-hydroxylation sites is 6. The first kappa shape index (κ1) is 18.1. The van der Waals surface area contributed by atoms with E-state index in [2.05, 4.69) is 0 Å². The van der Waals surface area contributed by atoms with E-state index < -0.39 is 166 Å². The molecule has 0 unspecified atom stereocenters. The smallest absolute Gasteiger partial charge is 0.240 e. The number of benzene rings is 8. The number of rotatable bonds is 4. The summed E-state index contributed by atoms with van der Waals surface area (Å²) in [6.07, 6.45) is 0. The second-order valence-electron chi connectivity index (χ2n) is 13.3. The lowest BCUT2D eigenvalue weighted by atomic mass is 10.1. The fraction of sp³-hybridized carbons (Fsp3) is 0. The third-order valence-electron chi connectivity index (χ3n) is 10.4. The van der Waals surface area contributed by atoms with Crippen molar-refractivity contribution in [2.75, 3.05) is 0 Å². The summed E-state index contributed by atoms with van der Waals surface area (Å²) in [5, 5.41) is 1.41. The Bertz CT molecular complexity index is 4670. The van der Waals surface area contributed by atoms with E-state index in [0.717, 1.165) is 29.3 Å². The molecule has 5 aromatic heterocycles. The van der Waals surface area contributed by atoms with Gasteiger partial charge in [0.1, 0.15) is 0 Å². The van der Waals surface area contributed by atoms with Crippen molar-refractivity contribution >= 4 is 96.9 Å². The largest absolute Gasteiger partial charge is 0.308 e. The number of aromatic nitrogens is 6. The molecule has 0 bridgehead atoms. The van der Waals surface area contributed by atoms with E-state index in [9.17, 15) is 11.0 Å². The second kappa shape index (κ2) is 11.9. The Labute approximate surface area is 363 Å². The monoisotopic (exact) mass is 778 g/mol. The Hall–Kier alpha value is -7.61. The minimum absolute atomic E-state index is 0.213. The summed E-state index contributed by atoms with van der Waals surface area (Å²) in [6, 6.07) is 3.89. The molecule has 6 nitrogen and oxygen atoms in total. The highest BCUT2D eigenvalue weighted by Crippen LogP contribution is 2.44. The number of fused-ring (bicyclic) bond motifs is 13. The highest BCUT2D eigenvalue weighted by Gasteiger charge is 2.24. The summed E-state index contributed by atoms with van der Waals surface area (Å²) >= 11 is 1.51. The van der Waals surface area contributed by atoms with Gasteiger partial charge in [0.25, 0.3) is 0 Å². The van der Waals surface area contributed by atoms with E-state index in [-0.39, 0.29) is 27.2 Å². The van der Waals surface area contributed by atoms with Gasteiger partial charge in [-0.25, -0.2) is 0 Å². The summed E-state index contributed by atoms with van der Waals surface area (Å²) in [7, 11) is 0. The average molecular weight is 779 g/mol. The van der Waals surface area contributed by atoms with E-state index in [4.69, 9.17) is 31.4 Å². The molecule has 58 heavy (non-hydrogen) atoms. The van der Waals surface area contributed by atoms with Crippen molar-refractivity contribution in [1.82, 2.24) is 28.7 Å². The van der Waals surface area contributed by atoms with Gasteiger partial charge in [0.15, 0.2) is 5.82 Å². The molecule has 7 heteroatoms. The summed E-state index contributed by atoms with van der Waals surface area (Å²) < 4.78 is 187. The van der Waals surface area contributed by atoms with Crippen molar-refractivity contribution in [2.24, 2.45) is 0 Å². The van der Waals surface area contributed by atoms with Crippen LogP contribution < -0.4 is 0 Å². The molecule has 270 valence electrons. The first-order valence-electron chi connectivity index (χ1n) is 27.8. The van der Waals surface area contributed by atoms with Crippen molar-refractivity contribution in [3.63, 3.8) is 0 Å². The molecule has 0 N–H and O–H groups in total. The maximum atomic E-state index is 9.86. The highest BCUT2D eigenvalue weighted by molar-refractivity contribution is 7.26. The average Bonchev–Trinajstić information content (AvgIpc) is 4.19. The van der Waals surface area contributed by atoms with Gasteiger partial charge in [0, 0.05) is 58.1 Å². The van der Waals surface area contributed by atoms with Gasteiger partial charge in [-0.1, -0.05) is 127 Å². The van der Waals surface area contributed by atoms with Crippen LogP contribution in [0.2, 0.25) is 0 Å². The van der Waals surface area contributed by atoms with Crippen LogP contribution in [0.4, 0.5) is 0 Å². The van der Waals surface area contributed by atoms with Gasteiger partial charge in [-0.2, -0.15) is 15.0 Å². The van der Waals surface area contributed by atoms with E-state index in [1.54, 1.807) is 16.7 Å². The van der Waals surface area contributed by atoms with Gasteiger partial charge >= 0.3 is 0 Å². The minimum Gasteiger partial charge on any atom is -0.308 e. The van der Waals surface area contributed by atoms with Crippen molar-refractivity contribution in [1.29, 1.82) is 0 Å². The highest BCUT2D eigenvalue weighted by atomic mass is 32.1. The molecule has 0 aliphatic carbocycles. The summed E-state index contributed by atoms with van der Waals surface area (Å²) in [5.41, 5.74) is -1.52. The third kappa shape index (κ3) is 4.33. The fourth-order valence-corrected chi connectivity index (χ4v) is 9.15. The maximum absolute atomic E-state index is 9.86. The van der Waals surface area contributed by atoms with Crippen LogP contribution >= 0.6 is 11.3 Å². The molecule has 0 fully saturated rings. The molecule has 0 atom stereocenters. The first-order valence-corrected chi connectivity index (χ1v) is 18.6. The quantitative estimate of drug-likeness (QED) is 0.179. The van der Waals surface area contributed by atoms with Crippen LogP contribution in [0, 0.1) is 0 Å². The zero-order valence-electron chi connectivity index (χ0n) is 49.4. The summed E-state index contributed by atoms with van der Waals surface area (Å²) in [6.45, 7) is 0. The van der Waals surface area contributed by atoms with Crippen LogP contribution in [-0.4, -0.2) is 28.7 Å². The van der Waals surface area contributed by atoms with Crippen molar-refractivity contribution in [2.45, 2.75) is 0 Å². The molecular formula is C51H30N6S. The number of thiophene rings is 1. The summed E-state index contributed by atoms with van der Waals surface area (Å²) in [5.74, 6) is -2.05. The number of nitrogens with zero attached hydrogens (tertiary/aromatic N) is 6. The first-order chi connectivity index (χ1) is 37.1. The molecule has 0 aliphatic rings. The molecule has 0 spiro atoms. The lowest BCUT2D eigenvalue weighted by Crippen LogP contribution is -2.11. The fourth-order valence-electron chi connectivity index (χ4n) is 8.04. The Kier molecular flexibility index (Phi) is 3.73. The molecule has 0 saturated carbocycles. The van der Waals surface area contributed by atoms with E-state index in [0.29, 0.717) is 21.8 Å². The predicted octanol–water partition coefficient (Wildman–Crippen LogP) is 13.2. The number of hydrogen-bond acceptors (Lipinski definition) is 4. The van der Waals surface area contributed by atoms with Crippen molar-refractivity contribution in [3.8, 4) is 29.0 Å². The molecule has 13 rings (SSSR count). The molecule has 8 aromatic carbocycles. The Morgan fingerprint density at radius 1 is 0.397 bits per heavy atom. The minimum atomic E-state index is -0.797. The van der Waals surface area contributed by atoms with Crippen LogP contribution in [0.1, 0.15) is 27.4 Å². The van der Waals surface area contributed by atoms with E-state index in [1.807, 2.05) is 48.5 Å². The second-order valence-corrected chi connectivity index (χ2v) is 14.4. The maximum Gasteiger partial charge on any atom is 0.240 e. The summed E-state index contributed by atoms with van der Waals surface area (Å²) in [4.78, 5) is 14.5. The van der Waals surface area contributed by atoms with Crippen LogP contribution in [0.5, 0.6) is 0 Å². The van der Waals surface area contributed by atoms with Gasteiger partial charge in [0.2, 0.25) is 11.9 Å². The van der Waals surface area contributed by atoms with Crippen LogP contribution in [-0.2, 0) is 0 Å². The van der Waals surface area contributed by atoms with Crippen molar-refractivity contribution in [3.05, 3.63) is 182 Å². The molecule has 0 saturated heterocycles. The van der Waals surface area contributed by atoms with Crippen LogP contribution in [0.25, 0.3) is 115 Å². The van der Waals surface area contributed by atoms with Gasteiger partial charge in [-0.15, -0.1) is 11.3 Å². The molecule has 0 radical (unpaired) electrons. The Morgan fingerprint density at radius 3 is 1.53 bits per heavy atom. The van der Waals surface area contributed by atoms with E-state index in [1.165, 1.54) is 11.3 Å². The molecule has 5 heterocycles. The van der Waals surface area contributed by atoms with Gasteiger partial charge in [-0.3, -0.25) is 9.13 Å². The standard InChI is InChI=1S/C51H30N6S/c1-9-23-40-31(15-1)32-16-2-10-24-41(32)56(40)50-52-49(53-51(54-50)57-42-25-11-3-17-33(42)34-18-4-12-26-43(34)57)37-20-6-13-27-44(37)55-39-22-8-5-19-35(39)36-29-30-46-47(48(36)55)38-21-7-14-28-45(38)58-46/h1-30H/i1D,2D,3D,4D,6D,9D,10D,11D,12D,13D,15D,16D,17D,18D,20D,23D,24D,25D,26D,27D. The molecule has 13 aromatic rings. The van der Waals surface area contributed by atoms with Gasteiger partial charge in [-0.05, 0) is 54.5 Å². The Balaban J connectivity index is 1.30. The molecule has 0 aliphatic heterocycles. The topological polar surface area (TPSA) is 53.5 Å².